The molecule has 1 heterocycles. The van der Waals surface area contributed by atoms with Crippen molar-refractivity contribution in [2.24, 2.45) is 5.16 Å². The van der Waals surface area contributed by atoms with Crippen LogP contribution in [-0.4, -0.2) is 27.2 Å². The van der Waals surface area contributed by atoms with E-state index in [1.165, 1.54) is 0 Å². The van der Waals surface area contributed by atoms with Gasteiger partial charge in [-0.3, -0.25) is 4.57 Å². The second-order valence-corrected chi connectivity index (χ2v) is 5.50. The minimum atomic E-state index is 0.282. The van der Waals surface area contributed by atoms with E-state index in [9.17, 15) is 5.21 Å². The smallest absolute Gasteiger partial charge is 0.184 e. The summed E-state index contributed by atoms with van der Waals surface area (Å²) in [7, 11) is 0. The Bertz CT molecular complexity index is 619. The molecule has 1 N–H and O–H groups in total. The van der Waals surface area contributed by atoms with Gasteiger partial charge < -0.3 is 9.94 Å². The van der Waals surface area contributed by atoms with Crippen LogP contribution in [-0.2, 0) is 0 Å². The average Bonchev–Trinajstić information content (AvgIpc) is 3.03. The molecule has 0 aliphatic heterocycles. The molecule has 0 radical (unpaired) electrons. The maximum Gasteiger partial charge on any atom is 0.184 e. The van der Waals surface area contributed by atoms with E-state index in [1.807, 2.05) is 18.2 Å². The van der Waals surface area contributed by atoms with E-state index in [1.54, 1.807) is 23.3 Å². The fourth-order valence-corrected chi connectivity index (χ4v) is 2.28. The third kappa shape index (κ3) is 3.67. The molecular weight excluding hydrogens is 278 g/mol. The molecule has 0 spiro atoms. The van der Waals surface area contributed by atoms with E-state index in [-0.39, 0.29) is 5.92 Å². The van der Waals surface area contributed by atoms with Crippen LogP contribution in [0.5, 0.6) is 5.75 Å². The van der Waals surface area contributed by atoms with Crippen molar-refractivity contribution in [1.29, 1.82) is 0 Å². The van der Waals surface area contributed by atoms with Gasteiger partial charge in [-0.2, -0.15) is 0 Å². The Morgan fingerprint density at radius 3 is 2.82 bits per heavy atom. The van der Waals surface area contributed by atoms with E-state index >= 15 is 0 Å². The van der Waals surface area contributed by atoms with Crippen LogP contribution in [0.3, 0.4) is 0 Å². The molecule has 0 atom stereocenters. The van der Waals surface area contributed by atoms with Gasteiger partial charge in [0.15, 0.2) is 5.84 Å². The molecule has 0 bridgehead atoms. The first-order valence-electron chi connectivity index (χ1n) is 7.64. The fourth-order valence-electron chi connectivity index (χ4n) is 2.28. The zero-order valence-electron chi connectivity index (χ0n) is 13.4. The minimum absolute atomic E-state index is 0.282. The van der Waals surface area contributed by atoms with Gasteiger partial charge in [0.2, 0.25) is 0 Å². The highest BCUT2D eigenvalue weighted by Gasteiger charge is 2.15. The van der Waals surface area contributed by atoms with Crippen molar-refractivity contribution in [3.05, 3.63) is 48.0 Å². The first-order chi connectivity index (χ1) is 10.7. The second-order valence-electron chi connectivity index (χ2n) is 5.50. The van der Waals surface area contributed by atoms with E-state index in [0.29, 0.717) is 5.84 Å². The fraction of sp³-hybridized carbons (Fsp3) is 0.412. The lowest BCUT2D eigenvalue weighted by atomic mass is 9.96. The number of nitrogens with zero attached hydrogens (tertiary/aromatic N) is 3. The number of hydrogen-bond donors (Lipinski definition) is 1. The Labute approximate surface area is 131 Å². The monoisotopic (exact) mass is 301 g/mol. The van der Waals surface area contributed by atoms with Gasteiger partial charge in [0.25, 0.3) is 0 Å². The lowest BCUT2D eigenvalue weighted by Gasteiger charge is -2.16. The number of oxime groups is 1. The zero-order valence-corrected chi connectivity index (χ0v) is 13.4. The van der Waals surface area contributed by atoms with Gasteiger partial charge in [-0.05, 0) is 36.1 Å². The molecule has 0 unspecified atom stereocenters. The summed E-state index contributed by atoms with van der Waals surface area (Å²) in [5.41, 5.74) is 1.95. The largest absolute Gasteiger partial charge is 0.494 e. The highest BCUT2D eigenvalue weighted by Crippen LogP contribution is 2.26. The standard InChI is InChI=1S/C17H23N3O2/c1-4-5-10-22-14-6-7-15(16(11-14)13(2)3)17(19-21)20-9-8-18-12-20/h6-9,11-13,21H,4-5,10H2,1-3H3. The Balaban J connectivity index is 2.35. The summed E-state index contributed by atoms with van der Waals surface area (Å²) in [6, 6.07) is 5.88. The number of hydrogen-bond acceptors (Lipinski definition) is 4. The van der Waals surface area contributed by atoms with Gasteiger partial charge in [0.1, 0.15) is 12.1 Å². The molecular formula is C17H23N3O2. The van der Waals surface area contributed by atoms with E-state index in [2.05, 4.69) is 30.9 Å². The summed E-state index contributed by atoms with van der Waals surface area (Å²) in [5, 5.41) is 12.9. The first kappa shape index (κ1) is 16.1. The molecule has 0 saturated heterocycles. The molecule has 2 aromatic rings. The lowest BCUT2D eigenvalue weighted by Crippen LogP contribution is -2.15. The number of rotatable bonds is 6. The Kier molecular flexibility index (Phi) is 5.58. The minimum Gasteiger partial charge on any atom is -0.494 e. The van der Waals surface area contributed by atoms with Crippen LogP contribution in [0.2, 0.25) is 0 Å². The van der Waals surface area contributed by atoms with Crippen molar-refractivity contribution < 1.29 is 9.94 Å². The maximum absolute atomic E-state index is 9.41. The molecule has 0 saturated carbocycles. The second kappa shape index (κ2) is 7.64. The van der Waals surface area contributed by atoms with Crippen molar-refractivity contribution >= 4 is 5.84 Å². The molecule has 2 rings (SSSR count). The topological polar surface area (TPSA) is 59.6 Å². The van der Waals surface area contributed by atoms with E-state index < -0.39 is 0 Å². The zero-order chi connectivity index (χ0) is 15.9. The van der Waals surface area contributed by atoms with Crippen molar-refractivity contribution in [2.45, 2.75) is 39.5 Å². The molecule has 0 fully saturated rings. The van der Waals surface area contributed by atoms with E-state index in [0.717, 1.165) is 36.3 Å². The van der Waals surface area contributed by atoms with Gasteiger partial charge in [-0.1, -0.05) is 32.3 Å². The van der Waals surface area contributed by atoms with E-state index in [4.69, 9.17) is 4.74 Å². The highest BCUT2D eigenvalue weighted by atomic mass is 16.5. The number of unbranched alkanes of at least 4 members (excludes halogenated alkanes) is 1. The van der Waals surface area contributed by atoms with Crippen LogP contribution in [0.1, 0.15) is 50.7 Å². The molecule has 0 aliphatic rings. The van der Waals surface area contributed by atoms with Crippen LogP contribution in [0.15, 0.2) is 42.1 Å². The Morgan fingerprint density at radius 2 is 2.23 bits per heavy atom. The van der Waals surface area contributed by atoms with Gasteiger partial charge in [-0.15, -0.1) is 0 Å². The number of aromatic nitrogens is 2. The summed E-state index contributed by atoms with van der Waals surface area (Å²) >= 11 is 0. The molecule has 5 heteroatoms. The molecule has 5 nitrogen and oxygen atoms in total. The van der Waals surface area contributed by atoms with Gasteiger partial charge in [-0.25, -0.2) is 4.98 Å². The first-order valence-corrected chi connectivity index (χ1v) is 7.64. The highest BCUT2D eigenvalue weighted by molar-refractivity contribution is 6.01. The SMILES string of the molecule is CCCCOc1ccc(C(=NO)n2ccnc2)c(C(C)C)c1. The summed E-state index contributed by atoms with van der Waals surface area (Å²) in [4.78, 5) is 4.00. The summed E-state index contributed by atoms with van der Waals surface area (Å²) < 4.78 is 7.47. The van der Waals surface area contributed by atoms with Gasteiger partial charge in [0, 0.05) is 18.0 Å². The molecule has 0 amide bonds. The van der Waals surface area contributed by atoms with Crippen LogP contribution in [0.4, 0.5) is 0 Å². The Hall–Kier alpha value is -2.30. The maximum atomic E-state index is 9.41. The van der Waals surface area contributed by atoms with Crippen molar-refractivity contribution in [1.82, 2.24) is 9.55 Å². The van der Waals surface area contributed by atoms with Crippen molar-refractivity contribution in [2.75, 3.05) is 6.61 Å². The van der Waals surface area contributed by atoms with Gasteiger partial charge >= 0.3 is 0 Å². The van der Waals surface area contributed by atoms with Gasteiger partial charge in [0.05, 0.1) is 6.61 Å². The lowest BCUT2D eigenvalue weighted by molar-refractivity contribution is 0.308. The van der Waals surface area contributed by atoms with Crippen LogP contribution >= 0.6 is 0 Å². The van der Waals surface area contributed by atoms with Crippen LogP contribution in [0.25, 0.3) is 0 Å². The summed E-state index contributed by atoms with van der Waals surface area (Å²) in [5.74, 6) is 1.59. The predicted molar refractivity (Wildman–Crippen MR) is 86.9 cm³/mol. The molecule has 118 valence electrons. The third-order valence-electron chi connectivity index (χ3n) is 3.50. The van der Waals surface area contributed by atoms with Crippen molar-refractivity contribution in [3.63, 3.8) is 0 Å². The Morgan fingerprint density at radius 1 is 1.41 bits per heavy atom. The summed E-state index contributed by atoms with van der Waals surface area (Å²) in [6.07, 6.45) is 7.17. The summed E-state index contributed by atoms with van der Waals surface area (Å²) in [6.45, 7) is 7.08. The normalized spacial score (nSPS) is 11.9. The van der Waals surface area contributed by atoms with Crippen LogP contribution in [0, 0.1) is 0 Å². The number of benzene rings is 1. The molecule has 22 heavy (non-hydrogen) atoms. The quantitative estimate of drug-likeness (QED) is 0.290. The third-order valence-corrected chi connectivity index (χ3v) is 3.50. The number of imidazole rings is 1. The molecule has 1 aromatic heterocycles. The molecule has 1 aromatic carbocycles. The molecule has 0 aliphatic carbocycles. The van der Waals surface area contributed by atoms with Crippen molar-refractivity contribution in [3.8, 4) is 5.75 Å². The predicted octanol–water partition coefficient (Wildman–Crippen LogP) is 3.87. The number of ether oxygens (including phenoxy) is 1. The average molecular weight is 301 g/mol. The van der Waals surface area contributed by atoms with Crippen LogP contribution < -0.4 is 4.74 Å².